The van der Waals surface area contributed by atoms with Gasteiger partial charge in [-0.15, -0.1) is 11.8 Å². The molecular formula is C29H32F3N3O4S. The topological polar surface area (TPSA) is 63.3 Å². The van der Waals surface area contributed by atoms with Gasteiger partial charge in [-0.25, -0.2) is 9.69 Å². The Morgan fingerprint density at radius 1 is 1.18 bits per heavy atom. The number of hydrogen-bond donors (Lipinski definition) is 1. The van der Waals surface area contributed by atoms with Gasteiger partial charge in [0.15, 0.2) is 6.61 Å². The molecule has 11 heteroatoms. The van der Waals surface area contributed by atoms with Gasteiger partial charge in [0.25, 0.3) is 0 Å². The second-order valence-corrected chi connectivity index (χ2v) is 11.2. The van der Waals surface area contributed by atoms with Crippen LogP contribution in [0.3, 0.4) is 0 Å². The van der Waals surface area contributed by atoms with Crippen molar-refractivity contribution >= 4 is 23.4 Å². The summed E-state index contributed by atoms with van der Waals surface area (Å²) in [5.74, 6) is 0.0226. The van der Waals surface area contributed by atoms with E-state index in [1.165, 1.54) is 12.1 Å². The Morgan fingerprint density at radius 2 is 1.93 bits per heavy atom. The van der Waals surface area contributed by atoms with E-state index in [9.17, 15) is 18.0 Å². The maximum Gasteiger partial charge on any atom is 0.416 e. The Bertz CT molecular complexity index is 1330. The molecule has 2 aromatic rings. The van der Waals surface area contributed by atoms with Crippen LogP contribution in [0.25, 0.3) is 0 Å². The largest absolute Gasteiger partial charge is 0.482 e. The van der Waals surface area contributed by atoms with E-state index in [1.807, 2.05) is 39.1 Å². The molecule has 3 saturated heterocycles. The van der Waals surface area contributed by atoms with Gasteiger partial charge >= 0.3 is 12.1 Å². The molecule has 2 aromatic carbocycles. The van der Waals surface area contributed by atoms with Crippen molar-refractivity contribution in [2.75, 3.05) is 31.0 Å². The molecule has 3 heterocycles. The van der Waals surface area contributed by atoms with E-state index in [2.05, 4.69) is 28.5 Å². The Kier molecular flexibility index (Phi) is 7.68. The van der Waals surface area contributed by atoms with Crippen molar-refractivity contribution in [1.82, 2.24) is 10.3 Å². The number of hydrogen-bond acceptors (Lipinski definition) is 8. The third kappa shape index (κ3) is 5.00. The van der Waals surface area contributed by atoms with Crippen LogP contribution >= 0.6 is 11.8 Å². The maximum atomic E-state index is 13.1. The summed E-state index contributed by atoms with van der Waals surface area (Å²) < 4.78 is 56.4. The first-order valence-electron chi connectivity index (χ1n) is 13.0. The Morgan fingerprint density at radius 3 is 2.55 bits per heavy atom. The molecule has 3 fully saturated rings. The zero-order valence-electron chi connectivity index (χ0n) is 22.7. The second kappa shape index (κ2) is 10.8. The van der Waals surface area contributed by atoms with Gasteiger partial charge < -0.3 is 14.2 Å². The summed E-state index contributed by atoms with van der Waals surface area (Å²) in [7, 11) is 1.95. The zero-order valence-corrected chi connectivity index (χ0v) is 23.6. The highest BCUT2D eigenvalue weighted by Gasteiger charge is 2.70. The number of rotatable bonds is 9. The molecule has 40 heavy (non-hydrogen) atoms. The van der Waals surface area contributed by atoms with E-state index < -0.39 is 35.3 Å². The fourth-order valence-corrected chi connectivity index (χ4v) is 6.66. The lowest BCUT2D eigenvalue weighted by molar-refractivity contribution is -0.341. The van der Waals surface area contributed by atoms with Crippen LogP contribution in [0.4, 0.5) is 18.9 Å². The molecule has 214 valence electrons. The van der Waals surface area contributed by atoms with Gasteiger partial charge in [-0.1, -0.05) is 24.3 Å². The van der Waals surface area contributed by atoms with Crippen LogP contribution in [0.2, 0.25) is 0 Å². The van der Waals surface area contributed by atoms with Gasteiger partial charge in [0.2, 0.25) is 12.2 Å². The number of carbonyl (C=O) groups is 1. The standard InChI is InChI=1S/C29H32F3N3O4S/c1-5-37-25(36)17-38-23-15-20(3)24(16-19(23)2)40-18-27(13-7-6-8-14-27)29-33-35(26(39-29)34(29)4)22-11-9-21(10-12-22)28(30,31)32/h6-13,15-16,26,33H,5,14,17-18H2,1-4H3. The third-order valence-corrected chi connectivity index (χ3v) is 8.91. The lowest BCUT2D eigenvalue weighted by Crippen LogP contribution is -2.72. The van der Waals surface area contributed by atoms with Gasteiger partial charge in [-0.3, -0.25) is 5.01 Å². The molecule has 1 aliphatic carbocycles. The molecule has 3 unspecified atom stereocenters. The van der Waals surface area contributed by atoms with E-state index in [-0.39, 0.29) is 6.61 Å². The number of aryl methyl sites for hydroxylation is 2. The van der Waals surface area contributed by atoms with Gasteiger partial charge in [-0.2, -0.15) is 18.6 Å². The Hall–Kier alpha value is -2.99. The molecule has 6 rings (SSSR count). The van der Waals surface area contributed by atoms with Crippen LogP contribution in [0.1, 0.15) is 30.0 Å². The number of nitrogens with one attached hydrogen (secondary N) is 1. The molecule has 1 N–H and O–H groups in total. The highest BCUT2D eigenvalue weighted by atomic mass is 32.2. The first-order chi connectivity index (χ1) is 19.0. The monoisotopic (exact) mass is 575 g/mol. The maximum absolute atomic E-state index is 13.1. The van der Waals surface area contributed by atoms with E-state index in [4.69, 9.17) is 14.2 Å². The van der Waals surface area contributed by atoms with Crippen molar-refractivity contribution in [2.45, 2.75) is 50.5 Å². The molecule has 0 radical (unpaired) electrons. The van der Waals surface area contributed by atoms with Gasteiger partial charge in [0, 0.05) is 10.6 Å². The van der Waals surface area contributed by atoms with Crippen molar-refractivity contribution < 1.29 is 32.2 Å². The van der Waals surface area contributed by atoms with E-state index in [0.29, 0.717) is 30.2 Å². The molecule has 0 aromatic heterocycles. The lowest BCUT2D eigenvalue weighted by Gasteiger charge is -2.55. The number of allylic oxidation sites excluding steroid dienone is 3. The number of halogens is 3. The smallest absolute Gasteiger partial charge is 0.416 e. The predicted molar refractivity (Wildman–Crippen MR) is 147 cm³/mol. The third-order valence-electron chi connectivity index (χ3n) is 7.50. The fraction of sp³-hybridized carbons (Fsp3) is 0.414. The number of hydrazine groups is 1. The van der Waals surface area contributed by atoms with Crippen molar-refractivity contribution in [1.29, 1.82) is 0 Å². The minimum absolute atomic E-state index is 0.144. The number of ether oxygens (including phenoxy) is 3. The molecule has 3 atom stereocenters. The number of carbonyl (C=O) groups excluding carboxylic acids is 1. The van der Waals surface area contributed by atoms with E-state index in [0.717, 1.165) is 28.2 Å². The summed E-state index contributed by atoms with van der Waals surface area (Å²) in [4.78, 5) is 14.9. The molecule has 2 bridgehead atoms. The molecular weight excluding hydrogens is 543 g/mol. The van der Waals surface area contributed by atoms with Gasteiger partial charge in [0.05, 0.1) is 23.3 Å². The lowest BCUT2D eigenvalue weighted by atomic mass is 9.76. The number of benzene rings is 2. The number of anilines is 1. The minimum Gasteiger partial charge on any atom is -0.482 e. The highest BCUT2D eigenvalue weighted by molar-refractivity contribution is 7.99. The summed E-state index contributed by atoms with van der Waals surface area (Å²) >= 11 is 1.70. The Labute approximate surface area is 235 Å². The molecule has 7 nitrogen and oxygen atoms in total. The number of alkyl halides is 3. The van der Waals surface area contributed by atoms with Gasteiger partial charge in [0.1, 0.15) is 5.75 Å². The van der Waals surface area contributed by atoms with Crippen LogP contribution in [-0.2, 0) is 20.4 Å². The first kappa shape index (κ1) is 28.5. The summed E-state index contributed by atoms with van der Waals surface area (Å²) in [5.41, 5.74) is 4.83. The van der Waals surface area contributed by atoms with Crippen molar-refractivity contribution in [3.63, 3.8) is 0 Å². The van der Waals surface area contributed by atoms with Crippen molar-refractivity contribution in [3.8, 4) is 5.75 Å². The number of esters is 1. The van der Waals surface area contributed by atoms with Crippen molar-refractivity contribution in [2.24, 2.45) is 5.41 Å². The second-order valence-electron chi connectivity index (χ2n) is 10.1. The summed E-state index contributed by atoms with van der Waals surface area (Å²) in [6, 6.07) is 9.06. The van der Waals surface area contributed by atoms with Crippen molar-refractivity contribution in [3.05, 3.63) is 77.4 Å². The summed E-state index contributed by atoms with van der Waals surface area (Å²) in [6.45, 7) is 5.86. The fourth-order valence-electron chi connectivity index (χ4n) is 5.29. The van der Waals surface area contributed by atoms with Crippen LogP contribution in [0.5, 0.6) is 5.75 Å². The predicted octanol–water partition coefficient (Wildman–Crippen LogP) is 5.78. The first-order valence-corrected chi connectivity index (χ1v) is 14.0. The average molecular weight is 576 g/mol. The number of fused-ring (bicyclic) bond motifs is 1. The molecule has 0 spiro atoms. The molecule has 3 aliphatic heterocycles. The highest BCUT2D eigenvalue weighted by Crippen LogP contribution is 2.55. The SMILES string of the molecule is CCOC(=O)COc1cc(C)c(SCC2(C34NN(c5ccc(C(F)(F)F)cc5)C(O3)N4C)C=CC=CC2)cc1C. The summed E-state index contributed by atoms with van der Waals surface area (Å²) in [5, 5.41) is 1.78. The minimum atomic E-state index is -4.39. The normalized spacial score (nSPS) is 25.7. The van der Waals surface area contributed by atoms with Crippen LogP contribution < -0.4 is 15.2 Å². The Balaban J connectivity index is 1.34. The van der Waals surface area contributed by atoms with Crippen LogP contribution in [0.15, 0.2) is 65.6 Å². The van der Waals surface area contributed by atoms with Crippen LogP contribution in [-0.4, -0.2) is 49.1 Å². The summed E-state index contributed by atoms with van der Waals surface area (Å²) in [6.07, 6.45) is 4.13. The van der Waals surface area contributed by atoms with Crippen LogP contribution in [0, 0.1) is 19.3 Å². The molecule has 0 amide bonds. The average Bonchev–Trinajstić information content (AvgIpc) is 3.49. The molecule has 4 aliphatic rings. The van der Waals surface area contributed by atoms with E-state index >= 15 is 0 Å². The van der Waals surface area contributed by atoms with Gasteiger partial charge in [-0.05, 0) is 81.8 Å². The number of nitrogens with zero attached hydrogens (tertiary/aromatic N) is 2. The zero-order chi connectivity index (χ0) is 28.7. The molecule has 0 saturated carbocycles. The quantitative estimate of drug-likeness (QED) is 0.298. The van der Waals surface area contributed by atoms with E-state index in [1.54, 1.807) is 23.7 Å². The number of thioether (sulfide) groups is 1.